The first-order valence-electron chi connectivity index (χ1n) is 23.2. The van der Waals surface area contributed by atoms with Crippen LogP contribution < -0.4 is 4.90 Å². The van der Waals surface area contributed by atoms with Crippen molar-refractivity contribution in [1.82, 2.24) is 0 Å². The molecule has 1 nitrogen and oxygen atoms in total. The number of hydrogen-bond acceptors (Lipinski definition) is 1. The number of anilines is 3. The lowest BCUT2D eigenvalue weighted by atomic mass is 9.27. The molecular formula is C62H47N. The molecule has 1 heteroatoms. The lowest BCUT2D eigenvalue weighted by molar-refractivity contribution is -0.231. The van der Waals surface area contributed by atoms with Gasteiger partial charge in [-0.15, -0.1) is 0 Å². The molecule has 0 aromatic heterocycles. The number of nitrogens with zero attached hydrogens (tertiary/aromatic N) is 1. The van der Waals surface area contributed by atoms with Crippen molar-refractivity contribution in [3.8, 4) is 55.6 Å². The van der Waals surface area contributed by atoms with Crippen LogP contribution >= 0.6 is 0 Å². The largest absolute Gasteiger partial charge is 0.309 e. The fourth-order valence-corrected chi connectivity index (χ4v) is 14.6. The van der Waals surface area contributed by atoms with E-state index in [0.29, 0.717) is 5.41 Å². The van der Waals surface area contributed by atoms with Crippen LogP contribution in [0.4, 0.5) is 17.1 Å². The Morgan fingerprint density at radius 2 is 0.984 bits per heavy atom. The van der Waals surface area contributed by atoms with Gasteiger partial charge in [0.05, 0.1) is 11.4 Å². The van der Waals surface area contributed by atoms with E-state index in [2.05, 4.69) is 217 Å². The lowest BCUT2D eigenvalue weighted by Gasteiger charge is -2.76. The lowest BCUT2D eigenvalue weighted by Crippen LogP contribution is -2.73. The third kappa shape index (κ3) is 4.78. The van der Waals surface area contributed by atoms with Gasteiger partial charge in [0.15, 0.2) is 0 Å². The molecule has 0 saturated heterocycles. The average molecular weight is 806 g/mol. The maximum atomic E-state index is 2.66. The second kappa shape index (κ2) is 13.3. The molecule has 5 aliphatic rings. The highest BCUT2D eigenvalue weighted by molar-refractivity contribution is 6.09. The van der Waals surface area contributed by atoms with Gasteiger partial charge in [0.25, 0.3) is 0 Å². The summed E-state index contributed by atoms with van der Waals surface area (Å²) in [5, 5.41) is 2.52. The molecular weight excluding hydrogens is 759 g/mol. The third-order valence-electron chi connectivity index (χ3n) is 16.7. The number of rotatable bonds is 7. The molecule has 4 fully saturated rings. The molecule has 0 aliphatic heterocycles. The van der Waals surface area contributed by atoms with Crippen molar-refractivity contribution in [2.45, 2.75) is 31.1 Å². The number of hydrogen-bond donors (Lipinski definition) is 0. The van der Waals surface area contributed by atoms with Gasteiger partial charge in [0, 0.05) is 22.2 Å². The molecule has 9 aromatic carbocycles. The van der Waals surface area contributed by atoms with Crippen LogP contribution in [0.25, 0.3) is 66.4 Å². The minimum atomic E-state index is 0.0957. The highest BCUT2D eigenvalue weighted by Crippen LogP contribution is 2.89. The third-order valence-corrected chi connectivity index (χ3v) is 16.7. The van der Waals surface area contributed by atoms with Crippen LogP contribution in [0.1, 0.15) is 36.8 Å². The van der Waals surface area contributed by atoms with Crippen molar-refractivity contribution in [2.75, 3.05) is 4.90 Å². The van der Waals surface area contributed by atoms with E-state index in [1.807, 2.05) is 0 Å². The molecule has 0 heterocycles. The predicted octanol–water partition coefficient (Wildman–Crippen LogP) is 16.3. The fraction of sp³-hybridized carbons (Fsp3) is 0.161. The second-order valence-corrected chi connectivity index (χ2v) is 19.2. The summed E-state index contributed by atoms with van der Waals surface area (Å²) in [5.41, 5.74) is 20.1. The quantitative estimate of drug-likeness (QED) is 0.155. The Bertz CT molecular complexity index is 3270. The van der Waals surface area contributed by atoms with Crippen LogP contribution in [0.15, 0.2) is 212 Å². The molecule has 4 saturated carbocycles. The molecule has 300 valence electrons. The van der Waals surface area contributed by atoms with Gasteiger partial charge < -0.3 is 4.90 Å². The van der Waals surface area contributed by atoms with Crippen LogP contribution in [-0.2, 0) is 5.41 Å². The Morgan fingerprint density at radius 3 is 1.75 bits per heavy atom. The first kappa shape index (κ1) is 35.6. The van der Waals surface area contributed by atoms with Gasteiger partial charge in [0.1, 0.15) is 0 Å². The molecule has 5 aliphatic carbocycles. The van der Waals surface area contributed by atoms with Gasteiger partial charge in [-0.2, -0.15) is 0 Å². The van der Waals surface area contributed by atoms with Crippen molar-refractivity contribution >= 4 is 27.8 Å². The summed E-state index contributed by atoms with van der Waals surface area (Å²) in [7, 11) is 0. The smallest absolute Gasteiger partial charge is 0.0540 e. The van der Waals surface area contributed by atoms with E-state index in [1.165, 1.54) is 109 Å². The normalized spacial score (nSPS) is 24.1. The van der Waals surface area contributed by atoms with Gasteiger partial charge in [-0.3, -0.25) is 0 Å². The summed E-state index contributed by atoms with van der Waals surface area (Å²) in [5.74, 6) is 3.33. The first-order valence-corrected chi connectivity index (χ1v) is 23.2. The van der Waals surface area contributed by atoms with Crippen LogP contribution in [-0.4, -0.2) is 0 Å². The Kier molecular flexibility index (Phi) is 7.50. The highest BCUT2D eigenvalue weighted by atomic mass is 15.1. The van der Waals surface area contributed by atoms with Gasteiger partial charge >= 0.3 is 0 Å². The molecule has 6 atom stereocenters. The summed E-state index contributed by atoms with van der Waals surface area (Å²) in [6, 6.07) is 79.8. The van der Waals surface area contributed by atoms with Crippen molar-refractivity contribution < 1.29 is 0 Å². The van der Waals surface area contributed by atoms with Crippen molar-refractivity contribution in [1.29, 1.82) is 0 Å². The van der Waals surface area contributed by atoms with Crippen LogP contribution in [0.3, 0.4) is 0 Å². The topological polar surface area (TPSA) is 3.24 Å². The molecule has 9 aromatic rings. The zero-order chi connectivity index (χ0) is 41.3. The van der Waals surface area contributed by atoms with Crippen molar-refractivity contribution in [2.24, 2.45) is 29.1 Å². The zero-order valence-electron chi connectivity index (χ0n) is 35.3. The van der Waals surface area contributed by atoms with Gasteiger partial charge in [-0.25, -0.2) is 0 Å². The Hall–Kier alpha value is -6.96. The monoisotopic (exact) mass is 805 g/mol. The van der Waals surface area contributed by atoms with E-state index in [1.54, 1.807) is 11.1 Å². The van der Waals surface area contributed by atoms with E-state index >= 15 is 0 Å². The average Bonchev–Trinajstić information content (AvgIpc) is 3.99. The van der Waals surface area contributed by atoms with E-state index in [0.717, 1.165) is 23.7 Å². The first-order chi connectivity index (χ1) is 31.2. The summed E-state index contributed by atoms with van der Waals surface area (Å²) in [6.45, 7) is 0. The maximum absolute atomic E-state index is 2.66. The van der Waals surface area contributed by atoms with Crippen molar-refractivity contribution in [3.05, 3.63) is 223 Å². The SMILES string of the molecule is c1ccc(-c2ccc(N(c3ccc4c(c3)C3(c5ccccc5-4)C4CC5CC6CC3C64C5)c3ccccc3-c3cccc4cccc(-c5ccccc5)c34)c(-c3ccccc3)c2)cc1. The zero-order valence-corrected chi connectivity index (χ0v) is 35.3. The van der Waals surface area contributed by atoms with E-state index in [4.69, 9.17) is 0 Å². The molecule has 14 rings (SSSR count). The van der Waals surface area contributed by atoms with Crippen LogP contribution in [0.2, 0.25) is 0 Å². The van der Waals surface area contributed by atoms with E-state index in [9.17, 15) is 0 Å². The number of benzene rings is 9. The van der Waals surface area contributed by atoms with Crippen molar-refractivity contribution in [3.63, 3.8) is 0 Å². The Balaban J connectivity index is 1.04. The number of fused-ring (bicyclic) bond motifs is 9. The Labute approximate surface area is 370 Å². The standard InChI is InChI=1S/C62H47N/c1-4-16-41(17-5-1)45-30-33-57(53(36-45)43-20-8-3-9-21-43)63(56-29-13-11-25-51(56)52-27-15-23-44-22-14-26-48(60(44)52)42-18-6-2-7-19-42)47-31-32-50-49-24-10-12-28-54(49)62(55(50)38-47)58-35-40-34-46-37-59(62)61(46,58)39-40/h1-33,36,38,40,46,58-59H,34-35,37,39H2. The van der Waals surface area contributed by atoms with Gasteiger partial charge in [-0.05, 0) is 152 Å². The molecule has 2 bridgehead atoms. The van der Waals surface area contributed by atoms with Crippen LogP contribution in [0, 0.1) is 29.1 Å². The Morgan fingerprint density at radius 1 is 0.381 bits per heavy atom. The number of para-hydroxylation sites is 1. The molecule has 0 N–H and O–H groups in total. The van der Waals surface area contributed by atoms with Gasteiger partial charge in [-0.1, -0.05) is 182 Å². The van der Waals surface area contributed by atoms with E-state index in [-0.39, 0.29) is 5.41 Å². The summed E-state index contributed by atoms with van der Waals surface area (Å²) >= 11 is 0. The fourth-order valence-electron chi connectivity index (χ4n) is 14.6. The van der Waals surface area contributed by atoms with Crippen LogP contribution in [0.5, 0.6) is 0 Å². The maximum Gasteiger partial charge on any atom is 0.0540 e. The predicted molar refractivity (Wildman–Crippen MR) is 261 cm³/mol. The van der Waals surface area contributed by atoms with E-state index < -0.39 is 0 Å². The highest BCUT2D eigenvalue weighted by Gasteiger charge is 2.84. The molecule has 2 spiro atoms. The minimum absolute atomic E-state index is 0.0957. The second-order valence-electron chi connectivity index (χ2n) is 19.2. The molecule has 6 unspecified atom stereocenters. The molecule has 0 amide bonds. The summed E-state index contributed by atoms with van der Waals surface area (Å²) in [6.07, 6.45) is 5.72. The summed E-state index contributed by atoms with van der Waals surface area (Å²) in [4.78, 5) is 2.62. The van der Waals surface area contributed by atoms with Gasteiger partial charge in [0.2, 0.25) is 0 Å². The minimum Gasteiger partial charge on any atom is -0.309 e. The molecule has 63 heavy (non-hydrogen) atoms. The molecule has 0 radical (unpaired) electrons. The summed E-state index contributed by atoms with van der Waals surface area (Å²) < 4.78 is 0.